The van der Waals surface area contributed by atoms with Crippen molar-refractivity contribution in [2.45, 2.75) is 32.7 Å². The molecule has 1 aromatic heterocycles. The van der Waals surface area contributed by atoms with E-state index in [1.54, 1.807) is 13.3 Å². The summed E-state index contributed by atoms with van der Waals surface area (Å²) in [5, 5.41) is 3.35. The van der Waals surface area contributed by atoms with E-state index in [4.69, 9.17) is 4.74 Å². The average molecular weight is 209 g/mol. The van der Waals surface area contributed by atoms with Crippen molar-refractivity contribution in [2.24, 2.45) is 0 Å². The second-order valence-electron chi connectivity index (χ2n) is 3.57. The van der Waals surface area contributed by atoms with Gasteiger partial charge in [0, 0.05) is 13.3 Å². The molecule has 0 amide bonds. The first-order valence-electron chi connectivity index (χ1n) is 5.31. The number of hydrogen-bond acceptors (Lipinski definition) is 4. The van der Waals surface area contributed by atoms with Crippen molar-refractivity contribution in [1.82, 2.24) is 9.97 Å². The molecule has 1 N–H and O–H groups in total. The van der Waals surface area contributed by atoms with E-state index in [0.717, 1.165) is 24.5 Å². The molecule has 1 aromatic rings. The fourth-order valence-electron chi connectivity index (χ4n) is 1.49. The average Bonchev–Trinajstić information content (AvgIpc) is 2.18. The molecule has 4 heteroatoms. The first-order valence-corrected chi connectivity index (χ1v) is 5.31. The van der Waals surface area contributed by atoms with Gasteiger partial charge in [0.05, 0.1) is 12.6 Å². The Balaban J connectivity index is 2.56. The molecule has 4 nitrogen and oxygen atoms in total. The summed E-state index contributed by atoms with van der Waals surface area (Å²) >= 11 is 0. The van der Waals surface area contributed by atoms with Crippen LogP contribution in [0.2, 0.25) is 0 Å². The van der Waals surface area contributed by atoms with E-state index < -0.39 is 0 Å². The zero-order chi connectivity index (χ0) is 11.1. The zero-order valence-corrected chi connectivity index (χ0v) is 9.66. The summed E-state index contributed by atoms with van der Waals surface area (Å²) in [6, 6.07) is 2.21. The molecule has 0 aliphatic rings. The highest BCUT2D eigenvalue weighted by Crippen LogP contribution is 2.07. The van der Waals surface area contributed by atoms with E-state index in [0.29, 0.717) is 12.6 Å². The number of aromatic nitrogens is 2. The molecule has 84 valence electrons. The fraction of sp³-hybridized carbons (Fsp3) is 0.636. The van der Waals surface area contributed by atoms with E-state index in [1.165, 1.54) is 0 Å². The summed E-state index contributed by atoms with van der Waals surface area (Å²) in [5.41, 5.74) is 0. The maximum Gasteiger partial charge on any atom is 0.129 e. The highest BCUT2D eigenvalue weighted by atomic mass is 16.5. The van der Waals surface area contributed by atoms with Crippen LogP contribution in [0, 0.1) is 6.92 Å². The maximum atomic E-state index is 5.15. The Morgan fingerprint density at radius 2 is 2.33 bits per heavy atom. The van der Waals surface area contributed by atoms with Crippen LogP contribution >= 0.6 is 0 Å². The zero-order valence-electron chi connectivity index (χ0n) is 9.66. The smallest absolute Gasteiger partial charge is 0.129 e. The quantitative estimate of drug-likeness (QED) is 0.778. The second kappa shape index (κ2) is 6.35. The molecule has 0 saturated carbocycles. The lowest BCUT2D eigenvalue weighted by Gasteiger charge is -2.17. The first-order chi connectivity index (χ1) is 7.26. The summed E-state index contributed by atoms with van der Waals surface area (Å²) in [4.78, 5) is 8.36. The topological polar surface area (TPSA) is 47.0 Å². The van der Waals surface area contributed by atoms with Crippen molar-refractivity contribution in [3.8, 4) is 0 Å². The molecule has 15 heavy (non-hydrogen) atoms. The Morgan fingerprint density at radius 3 is 2.93 bits per heavy atom. The predicted molar refractivity (Wildman–Crippen MR) is 61.0 cm³/mol. The summed E-state index contributed by atoms with van der Waals surface area (Å²) in [6.07, 6.45) is 3.97. The predicted octanol–water partition coefficient (Wildman–Crippen LogP) is 2.01. The van der Waals surface area contributed by atoms with Crippen LogP contribution in [-0.2, 0) is 4.74 Å². The van der Waals surface area contributed by atoms with Gasteiger partial charge in [0.15, 0.2) is 0 Å². The number of rotatable bonds is 6. The van der Waals surface area contributed by atoms with E-state index in [9.17, 15) is 0 Å². The Morgan fingerprint density at radius 1 is 1.53 bits per heavy atom. The van der Waals surface area contributed by atoms with Crippen molar-refractivity contribution in [3.05, 3.63) is 18.1 Å². The van der Waals surface area contributed by atoms with Gasteiger partial charge < -0.3 is 10.1 Å². The van der Waals surface area contributed by atoms with E-state index in [2.05, 4.69) is 22.2 Å². The van der Waals surface area contributed by atoms with Crippen molar-refractivity contribution in [3.63, 3.8) is 0 Å². The number of methoxy groups -OCH3 is 1. The monoisotopic (exact) mass is 209 g/mol. The third kappa shape index (κ3) is 4.25. The molecule has 0 spiro atoms. The van der Waals surface area contributed by atoms with Crippen molar-refractivity contribution >= 4 is 5.82 Å². The summed E-state index contributed by atoms with van der Waals surface area (Å²) in [5.74, 6) is 1.66. The van der Waals surface area contributed by atoms with Gasteiger partial charge >= 0.3 is 0 Å². The van der Waals surface area contributed by atoms with Crippen LogP contribution in [-0.4, -0.2) is 29.7 Å². The molecule has 0 aliphatic carbocycles. The minimum Gasteiger partial charge on any atom is -0.383 e. The van der Waals surface area contributed by atoms with Crippen molar-refractivity contribution in [2.75, 3.05) is 19.0 Å². The summed E-state index contributed by atoms with van der Waals surface area (Å²) < 4.78 is 5.15. The van der Waals surface area contributed by atoms with Gasteiger partial charge in [-0.15, -0.1) is 0 Å². The van der Waals surface area contributed by atoms with E-state index in [-0.39, 0.29) is 0 Å². The second-order valence-corrected chi connectivity index (χ2v) is 3.57. The number of nitrogens with zero attached hydrogens (tertiary/aromatic N) is 2. The molecule has 0 aliphatic heterocycles. The van der Waals surface area contributed by atoms with Gasteiger partial charge in [-0.2, -0.15) is 0 Å². The number of ether oxygens (including phenoxy) is 1. The van der Waals surface area contributed by atoms with E-state index in [1.807, 2.05) is 13.0 Å². The lowest BCUT2D eigenvalue weighted by atomic mass is 10.2. The van der Waals surface area contributed by atoms with Crippen molar-refractivity contribution in [1.29, 1.82) is 0 Å². The Bertz CT molecular complexity index is 285. The van der Waals surface area contributed by atoms with Crippen LogP contribution < -0.4 is 5.32 Å². The SMILES string of the molecule is CCCC(COC)Nc1ccnc(C)n1. The number of aryl methyl sites for hydroxylation is 1. The summed E-state index contributed by atoms with van der Waals surface area (Å²) in [7, 11) is 1.72. The van der Waals surface area contributed by atoms with E-state index >= 15 is 0 Å². The molecule has 0 bridgehead atoms. The Kier molecular flexibility index (Phi) is 5.04. The Labute approximate surface area is 91.1 Å². The highest BCUT2D eigenvalue weighted by molar-refractivity contribution is 5.34. The van der Waals surface area contributed by atoms with Crippen LogP contribution in [0.5, 0.6) is 0 Å². The molecule has 1 heterocycles. The van der Waals surface area contributed by atoms with Crippen LogP contribution in [0.15, 0.2) is 12.3 Å². The minimum absolute atomic E-state index is 0.328. The molecule has 1 rings (SSSR count). The highest BCUT2D eigenvalue weighted by Gasteiger charge is 2.07. The lowest BCUT2D eigenvalue weighted by Crippen LogP contribution is -2.25. The van der Waals surface area contributed by atoms with Gasteiger partial charge in [0.2, 0.25) is 0 Å². The standard InChI is InChI=1S/C11H19N3O/c1-4-5-10(8-15-3)14-11-6-7-12-9(2)13-11/h6-7,10H,4-5,8H2,1-3H3,(H,12,13,14). The molecular formula is C11H19N3O. The van der Waals surface area contributed by atoms with Gasteiger partial charge in [-0.25, -0.2) is 9.97 Å². The van der Waals surface area contributed by atoms with Crippen LogP contribution in [0.3, 0.4) is 0 Å². The van der Waals surface area contributed by atoms with Crippen LogP contribution in [0.1, 0.15) is 25.6 Å². The molecular weight excluding hydrogens is 190 g/mol. The lowest BCUT2D eigenvalue weighted by molar-refractivity contribution is 0.182. The largest absolute Gasteiger partial charge is 0.383 e. The Hall–Kier alpha value is -1.16. The number of hydrogen-bond donors (Lipinski definition) is 1. The van der Waals surface area contributed by atoms with Gasteiger partial charge in [-0.3, -0.25) is 0 Å². The van der Waals surface area contributed by atoms with Gasteiger partial charge in [-0.1, -0.05) is 13.3 Å². The molecule has 1 atom stereocenters. The third-order valence-corrected chi connectivity index (χ3v) is 2.13. The van der Waals surface area contributed by atoms with Crippen LogP contribution in [0.4, 0.5) is 5.82 Å². The normalized spacial score (nSPS) is 12.5. The first kappa shape index (κ1) is 11.9. The number of anilines is 1. The fourth-order valence-corrected chi connectivity index (χ4v) is 1.49. The van der Waals surface area contributed by atoms with Gasteiger partial charge in [0.25, 0.3) is 0 Å². The molecule has 0 fully saturated rings. The maximum absolute atomic E-state index is 5.15. The molecule has 0 saturated heterocycles. The van der Waals surface area contributed by atoms with Crippen molar-refractivity contribution < 1.29 is 4.74 Å². The molecule has 1 unspecified atom stereocenters. The number of nitrogens with one attached hydrogen (secondary N) is 1. The molecule has 0 aromatic carbocycles. The van der Waals surface area contributed by atoms with Gasteiger partial charge in [0.1, 0.15) is 11.6 Å². The van der Waals surface area contributed by atoms with Crippen LogP contribution in [0.25, 0.3) is 0 Å². The third-order valence-electron chi connectivity index (χ3n) is 2.13. The summed E-state index contributed by atoms with van der Waals surface area (Å²) in [6.45, 7) is 4.75. The minimum atomic E-state index is 0.328. The van der Waals surface area contributed by atoms with Gasteiger partial charge in [-0.05, 0) is 19.4 Å². The molecule has 0 radical (unpaired) electrons.